The van der Waals surface area contributed by atoms with Crippen LogP contribution >= 0.6 is 15.9 Å². The van der Waals surface area contributed by atoms with Crippen LogP contribution in [0, 0.1) is 0 Å². The molecule has 128 valence electrons. The molecule has 0 atom stereocenters. The monoisotopic (exact) mass is 386 g/mol. The molecule has 7 heteroatoms. The molecule has 0 aromatic heterocycles. The number of halogens is 1. The summed E-state index contributed by atoms with van der Waals surface area (Å²) in [6.07, 6.45) is -2.50. The van der Waals surface area contributed by atoms with E-state index in [1.165, 1.54) is 0 Å². The number of carbonyl (C=O) groups is 2. The molecule has 0 spiro atoms. The van der Waals surface area contributed by atoms with Gasteiger partial charge in [-0.25, -0.2) is 9.59 Å². The maximum absolute atomic E-state index is 11.2. The van der Waals surface area contributed by atoms with Crippen molar-refractivity contribution in [1.29, 1.82) is 0 Å². The van der Waals surface area contributed by atoms with E-state index in [1.54, 1.807) is 6.07 Å². The van der Waals surface area contributed by atoms with Crippen molar-refractivity contribution in [1.82, 2.24) is 0 Å². The lowest BCUT2D eigenvalue weighted by Crippen LogP contribution is -2.24. The molecule has 0 saturated heterocycles. The Morgan fingerprint density at radius 1 is 0.957 bits per heavy atom. The molecule has 0 heterocycles. The molecule has 0 saturated carbocycles. The fraction of sp³-hybridized carbons (Fsp3) is 0.500. The number of hydrogen-bond donors (Lipinski definition) is 4. The molecule has 0 bridgehead atoms. The second kappa shape index (κ2) is 6.39. The summed E-state index contributed by atoms with van der Waals surface area (Å²) < 4.78 is 0.775. The first-order valence-electron chi connectivity index (χ1n) is 7.12. The predicted molar refractivity (Wildman–Crippen MR) is 94.8 cm³/mol. The lowest BCUT2D eigenvalue weighted by atomic mass is 9.79. The maximum Gasteiger partial charge on any atom is 0.409 e. The minimum atomic E-state index is -1.25. The molecule has 1 aromatic rings. The number of anilines is 2. The molecule has 6 nitrogen and oxygen atoms in total. The highest BCUT2D eigenvalue weighted by Gasteiger charge is 2.30. The molecule has 0 aliphatic heterocycles. The number of hydrogen-bond acceptors (Lipinski definition) is 2. The van der Waals surface area contributed by atoms with Gasteiger partial charge in [-0.05, 0) is 28.0 Å². The van der Waals surface area contributed by atoms with Crippen molar-refractivity contribution < 1.29 is 19.8 Å². The molecule has 23 heavy (non-hydrogen) atoms. The standard InChI is InChI=1S/C16H23BrN2O4/c1-15(2,3)8-7-9(18-13(20)21)12(19-14(22)23)10(11(8)17)16(4,5)6/h7,18-19H,1-6H3,(H,20,21)(H,22,23). The van der Waals surface area contributed by atoms with Crippen LogP contribution in [0.4, 0.5) is 21.0 Å². The van der Waals surface area contributed by atoms with Crippen LogP contribution in [-0.4, -0.2) is 22.4 Å². The Balaban J connectivity index is 3.86. The van der Waals surface area contributed by atoms with E-state index >= 15 is 0 Å². The van der Waals surface area contributed by atoms with Gasteiger partial charge in [0.1, 0.15) is 0 Å². The van der Waals surface area contributed by atoms with E-state index in [0.29, 0.717) is 5.56 Å². The average Bonchev–Trinajstić information content (AvgIpc) is 2.27. The van der Waals surface area contributed by atoms with Gasteiger partial charge in [-0.1, -0.05) is 57.5 Å². The van der Waals surface area contributed by atoms with Crippen molar-refractivity contribution in [2.75, 3.05) is 10.6 Å². The second-order valence-electron chi connectivity index (χ2n) is 7.40. The summed E-state index contributed by atoms with van der Waals surface area (Å²) in [5.74, 6) is 0. The van der Waals surface area contributed by atoms with E-state index in [1.807, 2.05) is 41.5 Å². The SMILES string of the molecule is CC(C)(C)c1cc(NC(=O)O)c(NC(=O)O)c(C(C)(C)C)c1Br. The predicted octanol–water partition coefficient (Wildman–Crippen LogP) is 5.22. The van der Waals surface area contributed by atoms with Crippen LogP contribution < -0.4 is 10.6 Å². The Bertz CT molecular complexity index is 643. The van der Waals surface area contributed by atoms with E-state index in [9.17, 15) is 9.59 Å². The van der Waals surface area contributed by atoms with E-state index in [0.717, 1.165) is 10.0 Å². The summed E-state index contributed by atoms with van der Waals surface area (Å²) in [4.78, 5) is 22.3. The molecule has 4 N–H and O–H groups in total. The fourth-order valence-electron chi connectivity index (χ4n) is 2.36. The number of amides is 2. The van der Waals surface area contributed by atoms with Crippen molar-refractivity contribution in [2.45, 2.75) is 52.4 Å². The quantitative estimate of drug-likeness (QED) is 0.559. The number of rotatable bonds is 2. The van der Waals surface area contributed by atoms with Gasteiger partial charge in [-0.2, -0.15) is 0 Å². The molecular weight excluding hydrogens is 364 g/mol. The summed E-state index contributed by atoms with van der Waals surface area (Å²) in [6, 6.07) is 1.67. The minimum Gasteiger partial charge on any atom is -0.465 e. The summed E-state index contributed by atoms with van der Waals surface area (Å²) in [5, 5.41) is 22.9. The third-order valence-corrected chi connectivity index (χ3v) is 4.12. The molecule has 0 fully saturated rings. The van der Waals surface area contributed by atoms with Crippen LogP contribution in [0.3, 0.4) is 0 Å². The summed E-state index contributed by atoms with van der Waals surface area (Å²) in [6.45, 7) is 11.8. The van der Waals surface area contributed by atoms with Gasteiger partial charge >= 0.3 is 12.2 Å². The average molecular weight is 387 g/mol. The van der Waals surface area contributed by atoms with Crippen LogP contribution in [0.5, 0.6) is 0 Å². The normalized spacial score (nSPS) is 12.0. The van der Waals surface area contributed by atoms with Gasteiger partial charge < -0.3 is 10.2 Å². The van der Waals surface area contributed by atoms with Gasteiger partial charge in [0, 0.05) is 4.47 Å². The van der Waals surface area contributed by atoms with E-state index in [4.69, 9.17) is 10.2 Å². The zero-order valence-corrected chi connectivity index (χ0v) is 15.8. The topological polar surface area (TPSA) is 98.7 Å². The van der Waals surface area contributed by atoms with Crippen molar-refractivity contribution in [2.24, 2.45) is 0 Å². The zero-order valence-electron chi connectivity index (χ0n) is 14.2. The highest BCUT2D eigenvalue weighted by Crippen LogP contribution is 2.45. The lowest BCUT2D eigenvalue weighted by Gasteiger charge is -2.31. The Labute approximate surface area is 144 Å². The van der Waals surface area contributed by atoms with Crippen molar-refractivity contribution in [3.05, 3.63) is 21.7 Å². The van der Waals surface area contributed by atoms with Crippen LogP contribution in [-0.2, 0) is 10.8 Å². The van der Waals surface area contributed by atoms with E-state index in [2.05, 4.69) is 26.6 Å². The molecule has 0 unspecified atom stereocenters. The van der Waals surface area contributed by atoms with Gasteiger partial charge in [0.2, 0.25) is 0 Å². The van der Waals surface area contributed by atoms with E-state index < -0.39 is 17.6 Å². The van der Waals surface area contributed by atoms with Gasteiger partial charge in [-0.3, -0.25) is 10.6 Å². The third kappa shape index (κ3) is 4.60. The second-order valence-corrected chi connectivity index (χ2v) is 8.19. The first-order valence-corrected chi connectivity index (χ1v) is 7.91. The van der Waals surface area contributed by atoms with Crippen LogP contribution in [0.1, 0.15) is 52.7 Å². The zero-order chi connectivity index (χ0) is 18.2. The van der Waals surface area contributed by atoms with Crippen LogP contribution in [0.15, 0.2) is 10.5 Å². The smallest absolute Gasteiger partial charge is 0.409 e. The van der Waals surface area contributed by atoms with Gasteiger partial charge in [0.15, 0.2) is 0 Å². The summed E-state index contributed by atoms with van der Waals surface area (Å²) in [7, 11) is 0. The molecular formula is C16H23BrN2O4. The number of nitrogens with one attached hydrogen (secondary N) is 2. The Morgan fingerprint density at radius 3 is 1.78 bits per heavy atom. The molecule has 0 radical (unpaired) electrons. The maximum atomic E-state index is 11.2. The first-order chi connectivity index (χ1) is 10.2. The van der Waals surface area contributed by atoms with Crippen LogP contribution in [0.25, 0.3) is 0 Å². The Kier molecular flexibility index (Phi) is 5.36. The third-order valence-electron chi connectivity index (χ3n) is 3.30. The van der Waals surface area contributed by atoms with Gasteiger partial charge in [0.25, 0.3) is 0 Å². The van der Waals surface area contributed by atoms with Crippen molar-refractivity contribution in [3.8, 4) is 0 Å². The van der Waals surface area contributed by atoms with Gasteiger partial charge in [-0.15, -0.1) is 0 Å². The molecule has 2 amide bonds. The number of benzene rings is 1. The summed E-state index contributed by atoms with van der Waals surface area (Å²) >= 11 is 3.59. The van der Waals surface area contributed by atoms with Crippen LogP contribution in [0.2, 0.25) is 0 Å². The van der Waals surface area contributed by atoms with E-state index in [-0.39, 0.29) is 16.8 Å². The highest BCUT2D eigenvalue weighted by atomic mass is 79.9. The van der Waals surface area contributed by atoms with Crippen molar-refractivity contribution >= 4 is 39.5 Å². The Hall–Kier alpha value is -1.76. The highest BCUT2D eigenvalue weighted by molar-refractivity contribution is 9.10. The molecule has 0 aliphatic rings. The molecule has 1 aromatic carbocycles. The molecule has 0 aliphatic carbocycles. The van der Waals surface area contributed by atoms with Gasteiger partial charge in [0.05, 0.1) is 11.4 Å². The first kappa shape index (κ1) is 19.3. The largest absolute Gasteiger partial charge is 0.465 e. The molecule has 1 rings (SSSR count). The number of carboxylic acid groups (broad SMARTS) is 2. The lowest BCUT2D eigenvalue weighted by molar-refractivity contribution is 0.208. The minimum absolute atomic E-state index is 0.220. The fourth-order valence-corrected chi connectivity index (χ4v) is 3.86. The summed E-state index contributed by atoms with van der Waals surface area (Å²) in [5.41, 5.74) is 1.39. The van der Waals surface area contributed by atoms with Crippen molar-refractivity contribution in [3.63, 3.8) is 0 Å². The Morgan fingerprint density at radius 2 is 1.43 bits per heavy atom.